The predicted molar refractivity (Wildman–Crippen MR) is 112 cm³/mol. The van der Waals surface area contributed by atoms with E-state index in [1.54, 1.807) is 16.9 Å². The molecular formula is C22H23F3N4O3. The molecular weight excluding hydrogens is 425 g/mol. The van der Waals surface area contributed by atoms with E-state index in [4.69, 9.17) is 10.5 Å². The van der Waals surface area contributed by atoms with E-state index in [2.05, 4.69) is 15.2 Å². The van der Waals surface area contributed by atoms with E-state index in [0.29, 0.717) is 16.6 Å². The van der Waals surface area contributed by atoms with Gasteiger partial charge in [0.2, 0.25) is 0 Å². The lowest BCUT2D eigenvalue weighted by atomic mass is 9.97. The number of halogens is 3. The van der Waals surface area contributed by atoms with Gasteiger partial charge >= 0.3 is 6.61 Å². The van der Waals surface area contributed by atoms with Crippen LogP contribution in [0.15, 0.2) is 36.7 Å². The number of nitrogens with one attached hydrogen (secondary N) is 1. The van der Waals surface area contributed by atoms with E-state index in [-0.39, 0.29) is 23.5 Å². The summed E-state index contributed by atoms with van der Waals surface area (Å²) in [5.74, 6) is -1.10. The van der Waals surface area contributed by atoms with Gasteiger partial charge in [-0.15, -0.1) is 0 Å². The number of pyridine rings is 1. The molecule has 7 nitrogen and oxygen atoms in total. The number of carbonyl (C=O) groups excluding carboxylic acids is 1. The summed E-state index contributed by atoms with van der Waals surface area (Å²) in [6.07, 6.45) is 2.39. The Morgan fingerprint density at radius 3 is 2.59 bits per heavy atom. The highest BCUT2D eigenvalue weighted by atomic mass is 19.3. The maximum atomic E-state index is 13.2. The number of amides is 1. The molecule has 1 amide bonds. The van der Waals surface area contributed by atoms with E-state index < -0.39 is 30.3 Å². The van der Waals surface area contributed by atoms with Crippen LogP contribution >= 0.6 is 0 Å². The summed E-state index contributed by atoms with van der Waals surface area (Å²) >= 11 is 0. The van der Waals surface area contributed by atoms with Gasteiger partial charge in [-0.1, -0.05) is 6.07 Å². The SMILES string of the molecule is COc1cc(-c2cnn3cc(C(C)(C)N)ccc23)cc(OC(F)F)c1C(=O)NC1CC1F. The number of aromatic nitrogens is 2. The van der Waals surface area contributed by atoms with Gasteiger partial charge in [0.15, 0.2) is 0 Å². The molecule has 170 valence electrons. The maximum Gasteiger partial charge on any atom is 0.387 e. The third-order valence-electron chi connectivity index (χ3n) is 5.33. The topological polar surface area (TPSA) is 90.9 Å². The van der Waals surface area contributed by atoms with Gasteiger partial charge in [0.05, 0.1) is 24.9 Å². The summed E-state index contributed by atoms with van der Waals surface area (Å²) < 4.78 is 51.1. The van der Waals surface area contributed by atoms with Gasteiger partial charge in [-0.05, 0) is 43.2 Å². The molecule has 0 bridgehead atoms. The molecule has 0 saturated heterocycles. The van der Waals surface area contributed by atoms with Crippen molar-refractivity contribution in [1.82, 2.24) is 14.9 Å². The number of rotatable bonds is 7. The number of benzene rings is 1. The van der Waals surface area contributed by atoms with E-state index >= 15 is 0 Å². The molecule has 2 heterocycles. The van der Waals surface area contributed by atoms with Gasteiger partial charge in [-0.3, -0.25) is 4.79 Å². The molecule has 2 unspecified atom stereocenters. The molecule has 0 spiro atoms. The summed E-state index contributed by atoms with van der Waals surface area (Å²) in [6.45, 7) is 0.566. The first kappa shape index (κ1) is 21.9. The predicted octanol–water partition coefficient (Wildman–Crippen LogP) is 3.65. The molecule has 4 rings (SSSR count). The largest absolute Gasteiger partial charge is 0.496 e. The fourth-order valence-electron chi connectivity index (χ4n) is 3.46. The molecule has 1 aliphatic carbocycles. The number of carbonyl (C=O) groups is 1. The highest BCUT2D eigenvalue weighted by Gasteiger charge is 2.40. The average Bonchev–Trinajstić information content (AvgIpc) is 3.23. The molecule has 1 aromatic carbocycles. The first-order chi connectivity index (χ1) is 15.1. The second-order valence-electron chi connectivity index (χ2n) is 8.29. The quantitative estimate of drug-likeness (QED) is 0.576. The summed E-state index contributed by atoms with van der Waals surface area (Å²) in [5.41, 5.74) is 7.98. The van der Waals surface area contributed by atoms with Crippen molar-refractivity contribution in [2.24, 2.45) is 5.73 Å². The standard InChI is InChI=1S/C22H23F3N4O3/c1-22(2,26)12-4-5-16-13(9-27-29(16)10-12)11-6-17(31-3)19(18(7-11)32-21(24)25)20(30)28-15-8-14(15)23/h4-7,9-10,14-15,21H,8,26H2,1-3H3,(H,28,30). The number of hydrogen-bond acceptors (Lipinski definition) is 5. The van der Waals surface area contributed by atoms with E-state index in [1.165, 1.54) is 19.2 Å². The van der Waals surface area contributed by atoms with Crippen LogP contribution in [0.5, 0.6) is 11.5 Å². The van der Waals surface area contributed by atoms with Crippen molar-refractivity contribution in [2.45, 2.75) is 44.6 Å². The molecule has 2 atom stereocenters. The zero-order valence-corrected chi connectivity index (χ0v) is 17.7. The molecule has 2 aromatic heterocycles. The smallest absolute Gasteiger partial charge is 0.387 e. The van der Waals surface area contributed by atoms with Gasteiger partial charge in [0.25, 0.3) is 5.91 Å². The average molecular weight is 448 g/mol. The Balaban J connectivity index is 1.80. The molecule has 0 aliphatic heterocycles. The molecule has 1 saturated carbocycles. The Bertz CT molecular complexity index is 1170. The van der Waals surface area contributed by atoms with Crippen LogP contribution in [0.4, 0.5) is 13.2 Å². The van der Waals surface area contributed by atoms with Crippen molar-refractivity contribution < 1.29 is 27.4 Å². The summed E-state index contributed by atoms with van der Waals surface area (Å²) in [5, 5.41) is 6.80. The van der Waals surface area contributed by atoms with E-state index in [9.17, 15) is 18.0 Å². The number of fused-ring (bicyclic) bond motifs is 1. The van der Waals surface area contributed by atoms with Crippen LogP contribution in [0.2, 0.25) is 0 Å². The van der Waals surface area contributed by atoms with Crippen molar-refractivity contribution in [3.05, 3.63) is 47.8 Å². The lowest BCUT2D eigenvalue weighted by molar-refractivity contribution is -0.0502. The van der Waals surface area contributed by atoms with Gasteiger partial charge in [-0.2, -0.15) is 13.9 Å². The molecule has 0 radical (unpaired) electrons. The minimum absolute atomic E-state index is 0.0192. The van der Waals surface area contributed by atoms with Crippen molar-refractivity contribution in [3.8, 4) is 22.6 Å². The Morgan fingerprint density at radius 1 is 1.31 bits per heavy atom. The van der Waals surface area contributed by atoms with Crippen LogP contribution in [0, 0.1) is 0 Å². The molecule has 3 N–H and O–H groups in total. The molecule has 10 heteroatoms. The van der Waals surface area contributed by atoms with Crippen molar-refractivity contribution in [1.29, 1.82) is 0 Å². The number of methoxy groups -OCH3 is 1. The highest BCUT2D eigenvalue weighted by molar-refractivity contribution is 6.01. The minimum Gasteiger partial charge on any atom is -0.496 e. The van der Waals surface area contributed by atoms with Crippen molar-refractivity contribution in [3.63, 3.8) is 0 Å². The zero-order chi connectivity index (χ0) is 23.2. The first-order valence-corrected chi connectivity index (χ1v) is 9.97. The van der Waals surface area contributed by atoms with Crippen LogP contribution < -0.4 is 20.5 Å². The van der Waals surface area contributed by atoms with Crippen molar-refractivity contribution >= 4 is 11.4 Å². The second-order valence-corrected chi connectivity index (χ2v) is 8.29. The minimum atomic E-state index is -3.17. The number of nitrogens with two attached hydrogens (primary N) is 1. The molecule has 32 heavy (non-hydrogen) atoms. The van der Waals surface area contributed by atoms with E-state index in [0.717, 1.165) is 5.56 Å². The van der Waals surface area contributed by atoms with Crippen LogP contribution in [0.25, 0.3) is 16.6 Å². The lowest BCUT2D eigenvalue weighted by Gasteiger charge is -2.19. The Labute approximate surface area is 182 Å². The third kappa shape index (κ3) is 4.22. The monoisotopic (exact) mass is 448 g/mol. The van der Waals surface area contributed by atoms with Crippen LogP contribution in [-0.2, 0) is 5.54 Å². The molecule has 1 fully saturated rings. The van der Waals surface area contributed by atoms with Crippen molar-refractivity contribution in [2.75, 3.05) is 7.11 Å². The Morgan fingerprint density at radius 2 is 2.00 bits per heavy atom. The summed E-state index contributed by atoms with van der Waals surface area (Å²) in [7, 11) is 1.31. The summed E-state index contributed by atoms with van der Waals surface area (Å²) in [4.78, 5) is 12.7. The number of ether oxygens (including phenoxy) is 2. The Hall–Kier alpha value is -3.27. The molecule has 1 aliphatic rings. The number of nitrogens with zero attached hydrogens (tertiary/aromatic N) is 2. The van der Waals surface area contributed by atoms with Crippen LogP contribution in [0.1, 0.15) is 36.2 Å². The van der Waals surface area contributed by atoms with Gasteiger partial charge < -0.3 is 20.5 Å². The molecule has 3 aromatic rings. The van der Waals surface area contributed by atoms with Crippen LogP contribution in [-0.4, -0.2) is 41.5 Å². The lowest BCUT2D eigenvalue weighted by Crippen LogP contribution is -2.28. The normalized spacial score (nSPS) is 18.1. The van der Waals surface area contributed by atoms with Gasteiger partial charge in [0, 0.05) is 23.7 Å². The zero-order valence-electron chi connectivity index (χ0n) is 17.7. The Kier molecular flexibility index (Phi) is 5.49. The number of hydrogen-bond donors (Lipinski definition) is 2. The first-order valence-electron chi connectivity index (χ1n) is 9.97. The fraction of sp³-hybridized carbons (Fsp3) is 0.364. The summed E-state index contributed by atoms with van der Waals surface area (Å²) in [6, 6.07) is 5.89. The van der Waals surface area contributed by atoms with Crippen LogP contribution in [0.3, 0.4) is 0 Å². The fourth-order valence-corrected chi connectivity index (χ4v) is 3.46. The van der Waals surface area contributed by atoms with Gasteiger partial charge in [-0.25, -0.2) is 8.91 Å². The third-order valence-corrected chi connectivity index (χ3v) is 5.33. The number of alkyl halides is 3. The van der Waals surface area contributed by atoms with E-state index in [1.807, 2.05) is 26.0 Å². The highest BCUT2D eigenvalue weighted by Crippen LogP contribution is 2.38. The second kappa shape index (κ2) is 8.01. The maximum absolute atomic E-state index is 13.2. The van der Waals surface area contributed by atoms with Gasteiger partial charge in [0.1, 0.15) is 23.2 Å².